The molecule has 0 rings (SSSR count). The van der Waals surface area contributed by atoms with Crippen LogP contribution in [0.3, 0.4) is 0 Å². The van der Waals surface area contributed by atoms with Crippen molar-refractivity contribution < 1.29 is 28.6 Å². The molecule has 1 unspecified atom stereocenters. The van der Waals surface area contributed by atoms with E-state index < -0.39 is 6.10 Å². The summed E-state index contributed by atoms with van der Waals surface area (Å²) in [5.74, 6) is -0.877. The van der Waals surface area contributed by atoms with E-state index in [1.807, 2.05) is 0 Å². The standard InChI is InChI=1S/C69H124O6/c1-4-7-10-13-16-19-22-25-28-31-34-35-36-39-41-44-47-50-53-56-59-62-68(71)74-65-66(75-69(72)63-60-57-54-51-48-45-42-38-33-30-27-24-21-18-15-12-9-6-3)64-73-67(70)61-58-55-52-49-46-43-40-37-32-29-26-23-20-17-14-11-8-5-2/h21-22,24-25,29-34,66H,4-20,23,26-28,35-65H2,1-3H3/b24-21-,25-22-,32-29-,33-30-,34-31-. The summed E-state index contributed by atoms with van der Waals surface area (Å²) in [7, 11) is 0. The zero-order valence-electron chi connectivity index (χ0n) is 50.1. The van der Waals surface area contributed by atoms with Gasteiger partial charge in [-0.1, -0.05) is 274 Å². The maximum Gasteiger partial charge on any atom is 0.306 e. The molecule has 0 heterocycles. The summed E-state index contributed by atoms with van der Waals surface area (Å²) in [6.07, 6.45) is 80.7. The second kappa shape index (κ2) is 63.6. The molecule has 0 aliphatic rings. The molecule has 0 N–H and O–H groups in total. The van der Waals surface area contributed by atoms with E-state index in [9.17, 15) is 14.4 Å². The highest BCUT2D eigenvalue weighted by Crippen LogP contribution is 2.16. The van der Waals surface area contributed by atoms with Crippen molar-refractivity contribution in [2.24, 2.45) is 0 Å². The summed E-state index contributed by atoms with van der Waals surface area (Å²) in [4.78, 5) is 38.4. The molecule has 0 saturated heterocycles. The van der Waals surface area contributed by atoms with Gasteiger partial charge in [-0.15, -0.1) is 0 Å². The Kier molecular flexibility index (Phi) is 61.2. The van der Waals surface area contributed by atoms with Crippen LogP contribution >= 0.6 is 0 Å². The van der Waals surface area contributed by atoms with E-state index in [4.69, 9.17) is 14.2 Å². The van der Waals surface area contributed by atoms with Crippen LogP contribution < -0.4 is 0 Å². The van der Waals surface area contributed by atoms with E-state index in [1.165, 1.54) is 225 Å². The lowest BCUT2D eigenvalue weighted by atomic mass is 10.1. The van der Waals surface area contributed by atoms with Crippen LogP contribution in [0.25, 0.3) is 0 Å². The van der Waals surface area contributed by atoms with E-state index in [0.29, 0.717) is 19.3 Å². The third kappa shape index (κ3) is 61.8. The summed E-state index contributed by atoms with van der Waals surface area (Å²) >= 11 is 0. The van der Waals surface area contributed by atoms with Crippen molar-refractivity contribution in [2.75, 3.05) is 13.2 Å². The SMILES string of the molecule is CCCCCC/C=C\C/C=C\CCCCCCCCCC(=O)OC(COC(=O)CCCCCCCCC/C=C\CCCCCCCCC)COC(=O)CCCCCCCCCCC/C=C\C/C=C\CCCCCCC. The highest BCUT2D eigenvalue weighted by molar-refractivity contribution is 5.71. The number of unbranched alkanes of at least 4 members (excludes halogenated alkanes) is 39. The molecule has 75 heavy (non-hydrogen) atoms. The minimum absolute atomic E-state index is 0.0793. The molecule has 6 heteroatoms. The molecular weight excluding hydrogens is 925 g/mol. The van der Waals surface area contributed by atoms with Crippen molar-refractivity contribution >= 4 is 17.9 Å². The highest BCUT2D eigenvalue weighted by Gasteiger charge is 2.19. The van der Waals surface area contributed by atoms with Crippen molar-refractivity contribution in [3.8, 4) is 0 Å². The van der Waals surface area contributed by atoms with Gasteiger partial charge in [0.25, 0.3) is 0 Å². The summed E-state index contributed by atoms with van der Waals surface area (Å²) in [6.45, 7) is 6.64. The first-order chi connectivity index (χ1) is 37.0. The molecule has 0 aliphatic carbocycles. The molecular formula is C69H124O6. The Hall–Kier alpha value is -2.89. The van der Waals surface area contributed by atoms with Crippen LogP contribution in [0, 0.1) is 0 Å². The number of hydrogen-bond acceptors (Lipinski definition) is 6. The van der Waals surface area contributed by atoms with Gasteiger partial charge in [-0.3, -0.25) is 14.4 Å². The first-order valence-corrected chi connectivity index (χ1v) is 32.8. The Morgan fingerprint density at radius 3 is 0.760 bits per heavy atom. The van der Waals surface area contributed by atoms with E-state index >= 15 is 0 Å². The monoisotopic (exact) mass is 1050 g/mol. The maximum atomic E-state index is 12.9. The highest BCUT2D eigenvalue weighted by atomic mass is 16.6. The van der Waals surface area contributed by atoms with Crippen LogP contribution in [0.5, 0.6) is 0 Å². The fourth-order valence-electron chi connectivity index (χ4n) is 9.50. The molecule has 0 amide bonds. The summed E-state index contributed by atoms with van der Waals surface area (Å²) in [5, 5.41) is 0. The normalized spacial score (nSPS) is 12.4. The van der Waals surface area contributed by atoms with Gasteiger partial charge in [0.1, 0.15) is 13.2 Å². The topological polar surface area (TPSA) is 78.9 Å². The maximum absolute atomic E-state index is 12.9. The van der Waals surface area contributed by atoms with Crippen LogP contribution in [-0.4, -0.2) is 37.2 Å². The first kappa shape index (κ1) is 72.1. The molecule has 0 bridgehead atoms. The fraction of sp³-hybridized carbons (Fsp3) is 0.812. The van der Waals surface area contributed by atoms with Gasteiger partial charge in [-0.25, -0.2) is 0 Å². The van der Waals surface area contributed by atoms with Crippen LogP contribution in [0.4, 0.5) is 0 Å². The quantitative estimate of drug-likeness (QED) is 0.0261. The summed E-state index contributed by atoms with van der Waals surface area (Å²) < 4.78 is 17.0. The molecule has 0 aromatic heterocycles. The largest absolute Gasteiger partial charge is 0.462 e. The van der Waals surface area contributed by atoms with Crippen molar-refractivity contribution in [1.29, 1.82) is 0 Å². The number of ether oxygens (including phenoxy) is 3. The lowest BCUT2D eigenvalue weighted by Crippen LogP contribution is -2.30. The second-order valence-electron chi connectivity index (χ2n) is 22.0. The Morgan fingerprint density at radius 2 is 0.480 bits per heavy atom. The number of rotatable bonds is 60. The minimum atomic E-state index is -0.783. The van der Waals surface area contributed by atoms with E-state index in [2.05, 4.69) is 81.5 Å². The number of esters is 3. The molecule has 1 atom stereocenters. The summed E-state index contributed by atoms with van der Waals surface area (Å²) in [5.41, 5.74) is 0. The van der Waals surface area contributed by atoms with Gasteiger partial charge < -0.3 is 14.2 Å². The van der Waals surface area contributed by atoms with Crippen LogP contribution in [0.2, 0.25) is 0 Å². The molecule has 0 aromatic rings. The third-order valence-corrected chi connectivity index (χ3v) is 14.5. The van der Waals surface area contributed by atoms with Crippen LogP contribution in [0.1, 0.15) is 342 Å². The van der Waals surface area contributed by atoms with Crippen molar-refractivity contribution in [2.45, 2.75) is 348 Å². The van der Waals surface area contributed by atoms with Crippen molar-refractivity contribution in [1.82, 2.24) is 0 Å². The van der Waals surface area contributed by atoms with Crippen molar-refractivity contribution in [3.63, 3.8) is 0 Å². The predicted molar refractivity (Wildman–Crippen MR) is 325 cm³/mol. The smallest absolute Gasteiger partial charge is 0.306 e. The molecule has 0 aromatic carbocycles. The van der Waals surface area contributed by atoms with Gasteiger partial charge in [-0.2, -0.15) is 0 Å². The Bertz CT molecular complexity index is 1340. The number of allylic oxidation sites excluding steroid dienone is 10. The second-order valence-corrected chi connectivity index (χ2v) is 22.0. The zero-order valence-corrected chi connectivity index (χ0v) is 50.1. The Morgan fingerprint density at radius 1 is 0.267 bits per heavy atom. The van der Waals surface area contributed by atoms with Crippen LogP contribution in [-0.2, 0) is 28.6 Å². The summed E-state index contributed by atoms with van der Waals surface area (Å²) in [6, 6.07) is 0. The molecule has 0 spiro atoms. The van der Waals surface area contributed by atoms with E-state index in [-0.39, 0.29) is 31.1 Å². The molecule has 0 fully saturated rings. The van der Waals surface area contributed by atoms with Crippen molar-refractivity contribution in [3.05, 3.63) is 60.8 Å². The minimum Gasteiger partial charge on any atom is -0.462 e. The first-order valence-electron chi connectivity index (χ1n) is 32.8. The number of hydrogen-bond donors (Lipinski definition) is 0. The molecule has 436 valence electrons. The molecule has 0 aliphatic heterocycles. The van der Waals surface area contributed by atoms with Gasteiger partial charge >= 0.3 is 17.9 Å². The Labute approximate surface area is 466 Å². The zero-order chi connectivity index (χ0) is 54.3. The number of carbonyl (C=O) groups is 3. The Balaban J connectivity index is 4.38. The van der Waals surface area contributed by atoms with Gasteiger partial charge in [0.15, 0.2) is 6.10 Å². The average molecular weight is 1050 g/mol. The van der Waals surface area contributed by atoms with Gasteiger partial charge in [0, 0.05) is 19.3 Å². The van der Waals surface area contributed by atoms with Gasteiger partial charge in [-0.05, 0) is 109 Å². The van der Waals surface area contributed by atoms with Gasteiger partial charge in [0.2, 0.25) is 0 Å². The van der Waals surface area contributed by atoms with E-state index in [0.717, 1.165) is 77.0 Å². The molecule has 6 nitrogen and oxygen atoms in total. The lowest BCUT2D eigenvalue weighted by Gasteiger charge is -2.18. The van der Waals surface area contributed by atoms with Gasteiger partial charge in [0.05, 0.1) is 0 Å². The fourth-order valence-corrected chi connectivity index (χ4v) is 9.50. The van der Waals surface area contributed by atoms with E-state index in [1.54, 1.807) is 0 Å². The molecule has 0 radical (unpaired) electrons. The predicted octanol–water partition coefficient (Wildman–Crippen LogP) is 22.3. The third-order valence-electron chi connectivity index (χ3n) is 14.5. The van der Waals surface area contributed by atoms with Crippen LogP contribution in [0.15, 0.2) is 60.8 Å². The average Bonchev–Trinajstić information content (AvgIpc) is 3.41. The lowest BCUT2D eigenvalue weighted by molar-refractivity contribution is -0.167. The number of carbonyl (C=O) groups excluding carboxylic acids is 3. The molecule has 0 saturated carbocycles.